The molecule has 0 aliphatic carbocycles. The molecule has 2 aromatic carbocycles. The summed E-state index contributed by atoms with van der Waals surface area (Å²) in [4.78, 5) is 28.2. The molecule has 0 bridgehead atoms. The van der Waals surface area contributed by atoms with Crippen LogP contribution in [-0.2, 0) is 16.1 Å². The number of unbranched alkanes of at least 4 members (excludes halogenated alkanes) is 2. The van der Waals surface area contributed by atoms with E-state index in [-0.39, 0.29) is 12.5 Å². The molecule has 3 rings (SSSR count). The molecule has 0 radical (unpaired) electrons. The van der Waals surface area contributed by atoms with Crippen molar-refractivity contribution in [2.45, 2.75) is 39.2 Å². The van der Waals surface area contributed by atoms with E-state index >= 15 is 0 Å². The molecule has 0 unspecified atom stereocenters. The van der Waals surface area contributed by atoms with E-state index in [0.717, 1.165) is 45.7 Å². The number of carbonyl (C=O) groups excluding carboxylic acids is 2. The van der Waals surface area contributed by atoms with Gasteiger partial charge in [-0.1, -0.05) is 36.8 Å². The van der Waals surface area contributed by atoms with Crippen LogP contribution in [0.1, 0.15) is 36.3 Å². The Morgan fingerprint density at radius 3 is 2.72 bits per heavy atom. The van der Waals surface area contributed by atoms with Crippen LogP contribution in [0.3, 0.4) is 0 Å². The lowest BCUT2D eigenvalue weighted by Crippen LogP contribution is -2.25. The molecular formula is C22H25N3O3S. The zero-order valence-corrected chi connectivity index (χ0v) is 17.3. The molecule has 2 amide bonds. The lowest BCUT2D eigenvalue weighted by Gasteiger charge is -2.07. The molecule has 6 nitrogen and oxygen atoms in total. The number of amides is 2. The molecule has 7 heteroatoms. The molecule has 0 aliphatic rings. The number of hydrogen-bond acceptors (Lipinski definition) is 5. The Kier molecular flexibility index (Phi) is 7.58. The summed E-state index contributed by atoms with van der Waals surface area (Å²) in [5.41, 5.74) is 2.64. The SMILES string of the molecule is Cc1nc2cc(NC(=O)CCCCCNC(=O)OCc3ccccc3)ccc2s1. The summed E-state index contributed by atoms with van der Waals surface area (Å²) in [6.45, 7) is 2.77. The Bertz CT molecular complexity index is 956. The largest absolute Gasteiger partial charge is 0.445 e. The third-order valence-electron chi connectivity index (χ3n) is 4.34. The first-order valence-electron chi connectivity index (χ1n) is 9.72. The average Bonchev–Trinajstić information content (AvgIpc) is 3.09. The quantitative estimate of drug-likeness (QED) is 0.484. The lowest BCUT2D eigenvalue weighted by atomic mass is 10.2. The van der Waals surface area contributed by atoms with Gasteiger partial charge in [0, 0.05) is 18.7 Å². The monoisotopic (exact) mass is 411 g/mol. The third kappa shape index (κ3) is 6.87. The second kappa shape index (κ2) is 10.6. The van der Waals surface area contributed by atoms with Crippen LogP contribution in [0.4, 0.5) is 10.5 Å². The van der Waals surface area contributed by atoms with Crippen LogP contribution < -0.4 is 10.6 Å². The molecule has 0 saturated heterocycles. The molecular weight excluding hydrogens is 386 g/mol. The van der Waals surface area contributed by atoms with E-state index < -0.39 is 6.09 Å². The highest BCUT2D eigenvalue weighted by Gasteiger charge is 2.06. The van der Waals surface area contributed by atoms with Crippen molar-refractivity contribution in [3.05, 3.63) is 59.1 Å². The fourth-order valence-electron chi connectivity index (χ4n) is 2.90. The number of carbonyl (C=O) groups is 2. The topological polar surface area (TPSA) is 80.3 Å². The van der Waals surface area contributed by atoms with Crippen LogP contribution in [0.15, 0.2) is 48.5 Å². The number of ether oxygens (including phenoxy) is 1. The number of rotatable bonds is 9. The molecule has 0 aliphatic heterocycles. The third-order valence-corrected chi connectivity index (χ3v) is 5.29. The van der Waals surface area contributed by atoms with E-state index in [2.05, 4.69) is 15.6 Å². The van der Waals surface area contributed by atoms with Crippen LogP contribution in [0.25, 0.3) is 10.2 Å². The van der Waals surface area contributed by atoms with Gasteiger partial charge in [-0.15, -0.1) is 11.3 Å². The zero-order valence-electron chi connectivity index (χ0n) is 16.4. The van der Waals surface area contributed by atoms with E-state index in [1.54, 1.807) is 11.3 Å². The fraction of sp³-hybridized carbons (Fsp3) is 0.318. The summed E-state index contributed by atoms with van der Waals surface area (Å²) in [5.74, 6) is -0.00784. The van der Waals surface area contributed by atoms with Gasteiger partial charge >= 0.3 is 6.09 Å². The highest BCUT2D eigenvalue weighted by molar-refractivity contribution is 7.18. The number of aromatic nitrogens is 1. The second-order valence-corrected chi connectivity index (χ2v) is 8.00. The summed E-state index contributed by atoms with van der Waals surface area (Å²) in [6, 6.07) is 15.4. The number of nitrogens with zero attached hydrogens (tertiary/aromatic N) is 1. The van der Waals surface area contributed by atoms with Crippen molar-refractivity contribution in [2.24, 2.45) is 0 Å². The highest BCUT2D eigenvalue weighted by Crippen LogP contribution is 2.24. The molecule has 29 heavy (non-hydrogen) atoms. The number of aryl methyl sites for hydroxylation is 1. The number of nitrogens with one attached hydrogen (secondary N) is 2. The number of anilines is 1. The molecule has 1 heterocycles. The first-order valence-corrected chi connectivity index (χ1v) is 10.5. The summed E-state index contributed by atoms with van der Waals surface area (Å²) >= 11 is 1.64. The van der Waals surface area contributed by atoms with E-state index in [9.17, 15) is 9.59 Å². The number of alkyl carbamates (subject to hydrolysis) is 1. The van der Waals surface area contributed by atoms with Crippen molar-refractivity contribution < 1.29 is 14.3 Å². The van der Waals surface area contributed by atoms with Crippen LogP contribution in [-0.4, -0.2) is 23.5 Å². The smallest absolute Gasteiger partial charge is 0.407 e. The van der Waals surface area contributed by atoms with Crippen molar-refractivity contribution in [1.82, 2.24) is 10.3 Å². The van der Waals surface area contributed by atoms with Crippen LogP contribution in [0.2, 0.25) is 0 Å². The lowest BCUT2D eigenvalue weighted by molar-refractivity contribution is -0.116. The fourth-order valence-corrected chi connectivity index (χ4v) is 3.70. The van der Waals surface area contributed by atoms with Crippen LogP contribution in [0.5, 0.6) is 0 Å². The highest BCUT2D eigenvalue weighted by atomic mass is 32.1. The van der Waals surface area contributed by atoms with Gasteiger partial charge < -0.3 is 15.4 Å². The Morgan fingerprint density at radius 1 is 1.07 bits per heavy atom. The second-order valence-electron chi connectivity index (χ2n) is 6.76. The molecule has 3 aromatic rings. The van der Waals surface area contributed by atoms with Gasteiger partial charge in [0.15, 0.2) is 0 Å². The molecule has 1 aromatic heterocycles. The Morgan fingerprint density at radius 2 is 1.90 bits per heavy atom. The minimum atomic E-state index is -0.417. The van der Waals surface area contributed by atoms with E-state index in [1.165, 1.54) is 0 Å². The number of hydrogen-bond donors (Lipinski definition) is 2. The van der Waals surface area contributed by atoms with Gasteiger partial charge in [0.05, 0.1) is 15.2 Å². The van der Waals surface area contributed by atoms with E-state index in [1.807, 2.05) is 55.5 Å². The maximum absolute atomic E-state index is 12.1. The Labute approximate surface area is 174 Å². The first kappa shape index (κ1) is 20.8. The van der Waals surface area contributed by atoms with Crippen LogP contribution in [0, 0.1) is 6.92 Å². The van der Waals surface area contributed by atoms with E-state index in [4.69, 9.17) is 4.74 Å². The molecule has 2 N–H and O–H groups in total. The minimum Gasteiger partial charge on any atom is -0.445 e. The average molecular weight is 412 g/mol. The predicted molar refractivity (Wildman–Crippen MR) is 116 cm³/mol. The molecule has 0 saturated carbocycles. The van der Waals surface area contributed by atoms with Crippen molar-refractivity contribution >= 4 is 39.2 Å². The molecule has 0 spiro atoms. The molecule has 152 valence electrons. The molecule has 0 atom stereocenters. The Balaban J connectivity index is 1.26. The summed E-state index contributed by atoms with van der Waals surface area (Å²) < 4.78 is 6.27. The Hall–Kier alpha value is -2.93. The summed E-state index contributed by atoms with van der Waals surface area (Å²) in [7, 11) is 0. The van der Waals surface area contributed by atoms with Gasteiger partial charge in [-0.05, 0) is 43.5 Å². The minimum absolute atomic E-state index is 0.00784. The first-order chi connectivity index (χ1) is 14.1. The van der Waals surface area contributed by atoms with Crippen molar-refractivity contribution in [3.63, 3.8) is 0 Å². The van der Waals surface area contributed by atoms with Gasteiger partial charge in [0.25, 0.3) is 0 Å². The van der Waals surface area contributed by atoms with Crippen molar-refractivity contribution in [1.29, 1.82) is 0 Å². The van der Waals surface area contributed by atoms with Gasteiger partial charge in [-0.3, -0.25) is 4.79 Å². The summed E-state index contributed by atoms with van der Waals surface area (Å²) in [6.07, 6.45) is 2.46. The van der Waals surface area contributed by atoms with Gasteiger partial charge in [0.1, 0.15) is 6.61 Å². The van der Waals surface area contributed by atoms with Crippen LogP contribution >= 0.6 is 11.3 Å². The maximum Gasteiger partial charge on any atom is 0.407 e. The van der Waals surface area contributed by atoms with Gasteiger partial charge in [-0.25, -0.2) is 9.78 Å². The van der Waals surface area contributed by atoms with Gasteiger partial charge in [0.2, 0.25) is 5.91 Å². The number of fused-ring (bicyclic) bond motifs is 1. The summed E-state index contributed by atoms with van der Waals surface area (Å²) in [5, 5.41) is 6.67. The molecule has 0 fully saturated rings. The van der Waals surface area contributed by atoms with Gasteiger partial charge in [-0.2, -0.15) is 0 Å². The zero-order chi connectivity index (χ0) is 20.5. The van der Waals surface area contributed by atoms with Crippen molar-refractivity contribution in [2.75, 3.05) is 11.9 Å². The number of benzene rings is 2. The standard InChI is InChI=1S/C22H25N3O3S/c1-16-24-19-14-18(11-12-20(19)29-16)25-21(26)10-6-3-7-13-23-22(27)28-15-17-8-4-2-5-9-17/h2,4-5,8-9,11-12,14H,3,6-7,10,13,15H2,1H3,(H,23,27)(H,25,26). The normalized spacial score (nSPS) is 10.7. The maximum atomic E-state index is 12.1. The van der Waals surface area contributed by atoms with Crippen molar-refractivity contribution in [3.8, 4) is 0 Å². The van der Waals surface area contributed by atoms with E-state index in [0.29, 0.717) is 13.0 Å². The number of thiazole rings is 1. The predicted octanol–water partition coefficient (Wildman–Crippen LogP) is 5.03.